The van der Waals surface area contributed by atoms with E-state index in [0.717, 1.165) is 42.4 Å². The first-order chi connectivity index (χ1) is 21.2. The van der Waals surface area contributed by atoms with Crippen LogP contribution >= 0.6 is 0 Å². The monoisotopic (exact) mass is 615 g/mol. The molecule has 1 saturated carbocycles. The number of benzene rings is 3. The van der Waals surface area contributed by atoms with E-state index in [4.69, 9.17) is 9.47 Å². The lowest BCUT2D eigenvalue weighted by molar-refractivity contribution is -0.163. The van der Waals surface area contributed by atoms with Gasteiger partial charge in [0.1, 0.15) is 11.4 Å². The molecule has 232 valence electrons. The van der Waals surface area contributed by atoms with Gasteiger partial charge in [-0.15, -0.1) is 0 Å². The van der Waals surface area contributed by atoms with Gasteiger partial charge in [0.2, 0.25) is 10.0 Å². The second kappa shape index (κ2) is 13.8. The van der Waals surface area contributed by atoms with Crippen LogP contribution in [0.25, 0.3) is 0 Å². The van der Waals surface area contributed by atoms with Crippen molar-refractivity contribution >= 4 is 27.6 Å². The summed E-state index contributed by atoms with van der Waals surface area (Å²) in [6.07, 6.45) is 4.97. The van der Waals surface area contributed by atoms with Gasteiger partial charge in [-0.3, -0.25) is 9.52 Å². The summed E-state index contributed by atoms with van der Waals surface area (Å²) in [5.74, 6) is -0.795. The maximum atomic E-state index is 14.2. The molecule has 2 aliphatic rings. The molecule has 2 atom stereocenters. The van der Waals surface area contributed by atoms with Crippen LogP contribution in [0.5, 0.6) is 0 Å². The van der Waals surface area contributed by atoms with E-state index < -0.39 is 27.6 Å². The number of ether oxygens (including phenoxy) is 2. The van der Waals surface area contributed by atoms with Crippen LogP contribution in [0.4, 0.5) is 5.69 Å². The molecule has 5 rings (SSSR count). The molecule has 0 saturated heterocycles. The minimum atomic E-state index is -3.49. The van der Waals surface area contributed by atoms with Gasteiger partial charge in [-0.2, -0.15) is 0 Å². The van der Waals surface area contributed by atoms with E-state index in [2.05, 4.69) is 23.8 Å². The third-order valence-electron chi connectivity index (χ3n) is 8.46. The summed E-state index contributed by atoms with van der Waals surface area (Å²) in [6, 6.07) is 26.7. The van der Waals surface area contributed by atoms with E-state index in [1.54, 1.807) is 25.1 Å². The number of carbonyl (C=O) groups is 2. The predicted octanol–water partition coefficient (Wildman–Crippen LogP) is 7.10. The van der Waals surface area contributed by atoms with Gasteiger partial charge < -0.3 is 9.47 Å². The Morgan fingerprint density at radius 2 is 1.64 bits per heavy atom. The highest BCUT2D eigenvalue weighted by atomic mass is 32.2. The molecule has 1 aliphatic carbocycles. The molecule has 1 N–H and O–H groups in total. The van der Waals surface area contributed by atoms with Crippen molar-refractivity contribution in [3.05, 3.63) is 113 Å². The number of nitrogens with one attached hydrogen (secondary N) is 1. The van der Waals surface area contributed by atoms with Gasteiger partial charge in [-0.05, 0) is 73.8 Å². The molecule has 2 unspecified atom stereocenters. The van der Waals surface area contributed by atoms with Crippen LogP contribution in [0.2, 0.25) is 0 Å². The van der Waals surface area contributed by atoms with Crippen molar-refractivity contribution in [1.29, 1.82) is 0 Å². The summed E-state index contributed by atoms with van der Waals surface area (Å²) >= 11 is 0. The molecular formula is C36H41NO6S. The Morgan fingerprint density at radius 1 is 0.955 bits per heavy atom. The lowest BCUT2D eigenvalue weighted by Crippen LogP contribution is -2.42. The predicted molar refractivity (Wildman–Crippen MR) is 171 cm³/mol. The van der Waals surface area contributed by atoms with E-state index >= 15 is 0 Å². The Labute approximate surface area is 260 Å². The Balaban J connectivity index is 1.53. The average molecular weight is 616 g/mol. The zero-order valence-electron chi connectivity index (χ0n) is 25.5. The number of cyclic esters (lactones) is 1. The van der Waals surface area contributed by atoms with Crippen LogP contribution in [-0.2, 0) is 41.9 Å². The van der Waals surface area contributed by atoms with Gasteiger partial charge in [-0.25, -0.2) is 13.2 Å². The fourth-order valence-electron chi connectivity index (χ4n) is 6.14. The van der Waals surface area contributed by atoms with Crippen molar-refractivity contribution in [2.75, 3.05) is 10.5 Å². The van der Waals surface area contributed by atoms with E-state index in [-0.39, 0.29) is 24.0 Å². The summed E-state index contributed by atoms with van der Waals surface area (Å²) in [5.41, 5.74) is 2.77. The molecule has 7 nitrogen and oxygen atoms in total. The standard InChI is InChI=1S/C36H41NO6S/c1-3-21-36(22-20-26-12-7-5-8-13-26)25-31(42-32(38)23-27-14-9-6-10-15-27)34(35(39)43-36)33(28-18-19-28)29-16-11-17-30(24-29)37-44(40,41)4-2/h5-17,24,28,33,37H,3-4,18-23,25H2,1-2H3. The number of carbonyl (C=O) groups excluding carboxylic acids is 2. The van der Waals surface area contributed by atoms with E-state index in [9.17, 15) is 18.0 Å². The molecule has 3 aromatic carbocycles. The fourth-order valence-corrected chi connectivity index (χ4v) is 6.77. The van der Waals surface area contributed by atoms with Gasteiger partial charge in [0.25, 0.3) is 0 Å². The van der Waals surface area contributed by atoms with Crippen LogP contribution in [0.1, 0.15) is 75.0 Å². The minimum Gasteiger partial charge on any atom is -0.455 e. The van der Waals surface area contributed by atoms with Crippen LogP contribution < -0.4 is 4.72 Å². The molecule has 0 spiro atoms. The SMILES string of the molecule is CCCC1(CCc2ccccc2)CC(OC(=O)Cc2ccccc2)=C(C(c2cccc(NS(=O)(=O)CC)c2)C2CC2)C(=O)O1. The molecule has 1 fully saturated rings. The number of hydrogen-bond donors (Lipinski definition) is 1. The van der Waals surface area contributed by atoms with E-state index in [1.807, 2.05) is 54.6 Å². The Kier molecular flexibility index (Phi) is 9.89. The van der Waals surface area contributed by atoms with Crippen LogP contribution in [-0.4, -0.2) is 31.7 Å². The van der Waals surface area contributed by atoms with Crippen molar-refractivity contribution in [3.63, 3.8) is 0 Å². The maximum Gasteiger partial charge on any atom is 0.338 e. The van der Waals surface area contributed by atoms with Gasteiger partial charge >= 0.3 is 11.9 Å². The molecule has 0 radical (unpaired) electrons. The summed E-state index contributed by atoms with van der Waals surface area (Å²) in [6.45, 7) is 3.65. The normalized spacial score (nSPS) is 19.3. The van der Waals surface area contributed by atoms with Crippen molar-refractivity contribution < 1.29 is 27.5 Å². The lowest BCUT2D eigenvalue weighted by atomic mass is 9.79. The van der Waals surface area contributed by atoms with Crippen LogP contribution in [0, 0.1) is 5.92 Å². The zero-order chi connectivity index (χ0) is 31.2. The highest BCUT2D eigenvalue weighted by Gasteiger charge is 2.48. The lowest BCUT2D eigenvalue weighted by Gasteiger charge is -2.40. The van der Waals surface area contributed by atoms with Gasteiger partial charge in [-0.1, -0.05) is 86.1 Å². The topological polar surface area (TPSA) is 98.8 Å². The first-order valence-electron chi connectivity index (χ1n) is 15.6. The fraction of sp³-hybridized carbons (Fsp3) is 0.389. The Morgan fingerprint density at radius 3 is 2.27 bits per heavy atom. The smallest absolute Gasteiger partial charge is 0.338 e. The highest BCUT2D eigenvalue weighted by Crippen LogP contribution is 2.51. The number of rotatable bonds is 14. The number of sulfonamides is 1. The van der Waals surface area contributed by atoms with Crippen molar-refractivity contribution in [2.45, 2.75) is 76.7 Å². The quantitative estimate of drug-likeness (QED) is 0.194. The molecule has 0 bridgehead atoms. The average Bonchev–Trinajstić information content (AvgIpc) is 3.84. The van der Waals surface area contributed by atoms with Gasteiger partial charge in [0.15, 0.2) is 0 Å². The second-order valence-electron chi connectivity index (χ2n) is 11.9. The number of aryl methyl sites for hydroxylation is 1. The Bertz CT molecular complexity index is 1600. The molecule has 3 aromatic rings. The first kappa shape index (κ1) is 31.5. The van der Waals surface area contributed by atoms with Crippen molar-refractivity contribution in [2.24, 2.45) is 5.92 Å². The summed E-state index contributed by atoms with van der Waals surface area (Å²) in [5, 5.41) is 0. The molecule has 1 aliphatic heterocycles. The maximum absolute atomic E-state index is 14.2. The van der Waals surface area contributed by atoms with Gasteiger partial charge in [0, 0.05) is 18.0 Å². The van der Waals surface area contributed by atoms with Crippen molar-refractivity contribution in [3.8, 4) is 0 Å². The number of hydrogen-bond acceptors (Lipinski definition) is 6. The first-order valence-corrected chi connectivity index (χ1v) is 17.2. The molecular weight excluding hydrogens is 574 g/mol. The largest absolute Gasteiger partial charge is 0.455 e. The molecule has 8 heteroatoms. The van der Waals surface area contributed by atoms with E-state index in [0.29, 0.717) is 36.3 Å². The third-order valence-corrected chi connectivity index (χ3v) is 9.77. The van der Waals surface area contributed by atoms with Crippen LogP contribution in [0.3, 0.4) is 0 Å². The summed E-state index contributed by atoms with van der Waals surface area (Å²) < 4.78 is 39.8. The number of anilines is 1. The summed E-state index contributed by atoms with van der Waals surface area (Å²) in [4.78, 5) is 27.6. The summed E-state index contributed by atoms with van der Waals surface area (Å²) in [7, 11) is -3.49. The molecule has 1 heterocycles. The molecule has 0 aromatic heterocycles. The van der Waals surface area contributed by atoms with Crippen LogP contribution in [0.15, 0.2) is 96.3 Å². The van der Waals surface area contributed by atoms with Gasteiger partial charge in [0.05, 0.1) is 17.7 Å². The van der Waals surface area contributed by atoms with E-state index in [1.165, 1.54) is 0 Å². The second-order valence-corrected chi connectivity index (χ2v) is 13.9. The number of esters is 2. The minimum absolute atomic E-state index is 0.0508. The van der Waals surface area contributed by atoms with Crippen molar-refractivity contribution in [1.82, 2.24) is 0 Å². The third kappa shape index (κ3) is 7.97. The highest BCUT2D eigenvalue weighted by molar-refractivity contribution is 7.92. The Hall–Kier alpha value is -3.91. The molecule has 44 heavy (non-hydrogen) atoms. The molecule has 0 amide bonds. The zero-order valence-corrected chi connectivity index (χ0v) is 26.3.